The van der Waals surface area contributed by atoms with Crippen LogP contribution in [0.3, 0.4) is 0 Å². The minimum atomic E-state index is -0.302. The molecule has 0 bridgehead atoms. The van der Waals surface area contributed by atoms with E-state index in [1.165, 1.54) is 23.9 Å². The van der Waals surface area contributed by atoms with E-state index in [0.29, 0.717) is 40.0 Å². The lowest BCUT2D eigenvalue weighted by Crippen LogP contribution is -2.12. The van der Waals surface area contributed by atoms with E-state index < -0.39 is 0 Å². The lowest BCUT2D eigenvalue weighted by molar-refractivity contribution is 0.628. The van der Waals surface area contributed by atoms with Crippen LogP contribution >= 0.6 is 11.8 Å². The Labute approximate surface area is 193 Å². The van der Waals surface area contributed by atoms with Crippen molar-refractivity contribution >= 4 is 22.7 Å². The lowest BCUT2D eigenvalue weighted by Gasteiger charge is -2.11. The maximum Gasteiger partial charge on any atom is 0.258 e. The van der Waals surface area contributed by atoms with Crippen LogP contribution in [0.15, 0.2) is 82.7 Å². The predicted molar refractivity (Wildman–Crippen MR) is 128 cm³/mol. The summed E-state index contributed by atoms with van der Waals surface area (Å²) in [5.41, 5.74) is 3.37. The maximum absolute atomic E-state index is 13.5. The first kappa shape index (κ1) is 21.1. The van der Waals surface area contributed by atoms with Gasteiger partial charge in [-0.15, -0.1) is 10.2 Å². The van der Waals surface area contributed by atoms with Crippen molar-refractivity contribution in [2.45, 2.75) is 24.4 Å². The highest BCUT2D eigenvalue weighted by atomic mass is 32.2. The number of aryl methyl sites for hydroxylation is 1. The van der Waals surface area contributed by atoms with Crippen LogP contribution in [0.2, 0.25) is 0 Å². The van der Waals surface area contributed by atoms with Gasteiger partial charge in [-0.3, -0.25) is 9.36 Å². The van der Waals surface area contributed by atoms with E-state index in [1.54, 1.807) is 18.2 Å². The molecule has 0 radical (unpaired) electrons. The molecule has 0 amide bonds. The molecule has 0 fully saturated rings. The summed E-state index contributed by atoms with van der Waals surface area (Å²) in [4.78, 5) is 20.1. The van der Waals surface area contributed by atoms with E-state index >= 15 is 0 Å². The number of fused-ring (bicyclic) bond motifs is 1. The van der Waals surface area contributed by atoms with E-state index in [-0.39, 0.29) is 11.4 Å². The van der Waals surface area contributed by atoms with Crippen molar-refractivity contribution in [2.75, 3.05) is 0 Å². The van der Waals surface area contributed by atoms with Crippen LogP contribution in [0, 0.1) is 12.7 Å². The summed E-state index contributed by atoms with van der Waals surface area (Å²) in [5.74, 6) is 1.35. The van der Waals surface area contributed by atoms with Crippen LogP contribution in [0.25, 0.3) is 22.3 Å². The van der Waals surface area contributed by atoms with Crippen molar-refractivity contribution in [1.82, 2.24) is 24.7 Å². The quantitative estimate of drug-likeness (QED) is 0.364. The fourth-order valence-corrected chi connectivity index (χ4v) is 4.48. The molecule has 8 heteroatoms. The molecule has 0 aliphatic rings. The van der Waals surface area contributed by atoms with Gasteiger partial charge in [-0.1, -0.05) is 54.2 Å². The number of para-hydroxylation sites is 1. The fourth-order valence-electron chi connectivity index (χ4n) is 3.67. The summed E-state index contributed by atoms with van der Waals surface area (Å²) in [7, 11) is 0. The topological polar surface area (TPSA) is 76.5 Å². The average Bonchev–Trinajstić information content (AvgIpc) is 3.22. The standard InChI is InChI=1S/C25H20FN5OS/c1-16-6-5-9-20-22(16)27-21(28-24(20)32)15-33-25-30-29-23(18-10-12-19(26)13-11-18)31(25)14-17-7-3-2-4-8-17/h2-13H,14-15H2,1H3,(H,27,28,32). The molecule has 0 saturated carbocycles. The third kappa shape index (κ3) is 4.42. The number of aromatic nitrogens is 5. The largest absolute Gasteiger partial charge is 0.309 e. The zero-order valence-electron chi connectivity index (χ0n) is 17.8. The van der Waals surface area contributed by atoms with Gasteiger partial charge < -0.3 is 4.98 Å². The van der Waals surface area contributed by atoms with Crippen molar-refractivity contribution in [2.24, 2.45) is 0 Å². The second-order valence-electron chi connectivity index (χ2n) is 7.66. The first-order valence-electron chi connectivity index (χ1n) is 10.4. The van der Waals surface area contributed by atoms with Crippen molar-refractivity contribution < 1.29 is 4.39 Å². The lowest BCUT2D eigenvalue weighted by atomic mass is 10.1. The molecule has 3 aromatic carbocycles. The van der Waals surface area contributed by atoms with Gasteiger partial charge in [0.05, 0.1) is 23.2 Å². The van der Waals surface area contributed by atoms with Crippen molar-refractivity contribution in [3.8, 4) is 11.4 Å². The Bertz CT molecular complexity index is 1480. The number of aromatic amines is 1. The minimum Gasteiger partial charge on any atom is -0.309 e. The molecule has 5 rings (SSSR count). The number of nitrogens with zero attached hydrogens (tertiary/aromatic N) is 4. The number of benzene rings is 3. The summed E-state index contributed by atoms with van der Waals surface area (Å²) < 4.78 is 15.5. The summed E-state index contributed by atoms with van der Waals surface area (Å²) in [6.07, 6.45) is 0. The molecule has 0 spiro atoms. The van der Waals surface area contributed by atoms with Crippen LogP contribution in [-0.2, 0) is 12.3 Å². The van der Waals surface area contributed by atoms with Gasteiger partial charge in [0.1, 0.15) is 11.6 Å². The normalized spacial score (nSPS) is 11.2. The summed E-state index contributed by atoms with van der Waals surface area (Å²) in [5, 5.41) is 10.0. The molecule has 6 nitrogen and oxygen atoms in total. The number of halogens is 1. The number of nitrogens with one attached hydrogen (secondary N) is 1. The van der Waals surface area contributed by atoms with E-state index in [4.69, 9.17) is 0 Å². The number of rotatable bonds is 6. The second kappa shape index (κ2) is 8.99. The Kier molecular flexibility index (Phi) is 5.75. The molecule has 0 atom stereocenters. The van der Waals surface area contributed by atoms with E-state index in [1.807, 2.05) is 54.0 Å². The maximum atomic E-state index is 13.5. The summed E-state index contributed by atoms with van der Waals surface area (Å²) >= 11 is 1.44. The van der Waals surface area contributed by atoms with E-state index in [2.05, 4.69) is 20.2 Å². The van der Waals surface area contributed by atoms with Gasteiger partial charge in [0.2, 0.25) is 0 Å². The highest BCUT2D eigenvalue weighted by Crippen LogP contribution is 2.27. The average molecular weight is 458 g/mol. The molecule has 164 valence electrons. The molecule has 1 N–H and O–H groups in total. The fraction of sp³-hybridized carbons (Fsp3) is 0.120. The molecular weight excluding hydrogens is 437 g/mol. The zero-order chi connectivity index (χ0) is 22.8. The Morgan fingerprint density at radius 1 is 0.970 bits per heavy atom. The molecule has 0 unspecified atom stereocenters. The van der Waals surface area contributed by atoms with Gasteiger partial charge in [0, 0.05) is 5.56 Å². The van der Waals surface area contributed by atoms with Crippen LogP contribution in [-0.4, -0.2) is 24.7 Å². The first-order chi connectivity index (χ1) is 16.1. The highest BCUT2D eigenvalue weighted by Gasteiger charge is 2.16. The number of hydrogen-bond donors (Lipinski definition) is 1. The molecular formula is C25H20FN5OS. The number of thioether (sulfide) groups is 1. The zero-order valence-corrected chi connectivity index (χ0v) is 18.6. The molecule has 2 aromatic heterocycles. The highest BCUT2D eigenvalue weighted by molar-refractivity contribution is 7.98. The van der Waals surface area contributed by atoms with Gasteiger partial charge in [0.15, 0.2) is 11.0 Å². The second-order valence-corrected chi connectivity index (χ2v) is 8.60. The van der Waals surface area contributed by atoms with Gasteiger partial charge in [-0.2, -0.15) is 0 Å². The third-order valence-corrected chi connectivity index (χ3v) is 6.31. The third-order valence-electron chi connectivity index (χ3n) is 5.33. The molecule has 33 heavy (non-hydrogen) atoms. The Balaban J connectivity index is 1.49. The van der Waals surface area contributed by atoms with E-state index in [0.717, 1.165) is 16.7 Å². The molecule has 2 heterocycles. The first-order valence-corrected chi connectivity index (χ1v) is 11.4. The molecule has 0 aliphatic heterocycles. The van der Waals surface area contributed by atoms with Gasteiger partial charge >= 0.3 is 0 Å². The number of H-pyrrole nitrogens is 1. The molecule has 0 saturated heterocycles. The van der Waals surface area contributed by atoms with Gasteiger partial charge in [0.25, 0.3) is 5.56 Å². The Morgan fingerprint density at radius 3 is 2.55 bits per heavy atom. The smallest absolute Gasteiger partial charge is 0.258 e. The van der Waals surface area contributed by atoms with Crippen molar-refractivity contribution in [3.63, 3.8) is 0 Å². The van der Waals surface area contributed by atoms with Crippen molar-refractivity contribution in [1.29, 1.82) is 0 Å². The SMILES string of the molecule is Cc1cccc2c(=O)[nH]c(CSc3nnc(-c4ccc(F)cc4)n3Cc3ccccc3)nc12. The summed E-state index contributed by atoms with van der Waals surface area (Å²) in [6.45, 7) is 2.50. The monoisotopic (exact) mass is 457 g/mol. The number of hydrogen-bond acceptors (Lipinski definition) is 5. The van der Waals surface area contributed by atoms with Crippen LogP contribution in [0.4, 0.5) is 4.39 Å². The van der Waals surface area contributed by atoms with Gasteiger partial charge in [-0.05, 0) is 48.4 Å². The Hall–Kier alpha value is -3.78. The predicted octanol–water partition coefficient (Wildman–Crippen LogP) is 4.97. The summed E-state index contributed by atoms with van der Waals surface area (Å²) in [6, 6.07) is 21.8. The van der Waals surface area contributed by atoms with Crippen LogP contribution < -0.4 is 5.56 Å². The van der Waals surface area contributed by atoms with Crippen molar-refractivity contribution in [3.05, 3.63) is 106 Å². The van der Waals surface area contributed by atoms with Gasteiger partial charge in [-0.25, -0.2) is 9.37 Å². The molecule has 5 aromatic rings. The Morgan fingerprint density at radius 2 is 1.76 bits per heavy atom. The van der Waals surface area contributed by atoms with Crippen LogP contribution in [0.5, 0.6) is 0 Å². The van der Waals surface area contributed by atoms with E-state index in [9.17, 15) is 9.18 Å². The molecule has 0 aliphatic carbocycles. The minimum absolute atomic E-state index is 0.156. The van der Waals surface area contributed by atoms with Crippen LogP contribution in [0.1, 0.15) is 17.0 Å².